The first kappa shape index (κ1) is 19.9. The van der Waals surface area contributed by atoms with E-state index in [1.165, 1.54) is 7.11 Å². The van der Waals surface area contributed by atoms with E-state index in [0.717, 1.165) is 32.5 Å². The van der Waals surface area contributed by atoms with Gasteiger partial charge in [0.05, 0.1) is 29.4 Å². The second-order valence-corrected chi connectivity index (χ2v) is 7.33. The number of nitrogens with zero attached hydrogens (tertiary/aromatic N) is 3. The highest BCUT2D eigenvalue weighted by Gasteiger charge is 2.38. The molecular weight excluding hydrogens is 417 g/mol. The van der Waals surface area contributed by atoms with E-state index < -0.39 is 23.0 Å². The van der Waals surface area contributed by atoms with Crippen LogP contribution < -0.4 is 10.3 Å². The highest BCUT2D eigenvalue weighted by molar-refractivity contribution is 7.20. The number of halogens is 3. The number of aromatic nitrogens is 3. The molecule has 0 unspecified atom stereocenters. The molecule has 4 aromatic rings. The molecule has 0 amide bonds. The Balaban J connectivity index is 1.70. The van der Waals surface area contributed by atoms with Gasteiger partial charge in [-0.2, -0.15) is 17.9 Å². The maximum Gasteiger partial charge on any atom is 0.433 e. The Morgan fingerprint density at radius 2 is 1.93 bits per heavy atom. The highest BCUT2D eigenvalue weighted by atomic mass is 32.1. The van der Waals surface area contributed by atoms with Crippen LogP contribution in [0.3, 0.4) is 0 Å². The van der Waals surface area contributed by atoms with Gasteiger partial charge in [-0.15, -0.1) is 0 Å². The number of H-pyrrole nitrogens is 1. The number of alkyl halides is 3. The molecule has 2 aromatic carbocycles. The first-order valence-corrected chi connectivity index (χ1v) is 9.59. The van der Waals surface area contributed by atoms with Gasteiger partial charge in [0.15, 0.2) is 5.69 Å². The predicted molar refractivity (Wildman–Crippen MR) is 109 cm³/mol. The Morgan fingerprint density at radius 1 is 1.20 bits per heavy atom. The van der Waals surface area contributed by atoms with Gasteiger partial charge >= 0.3 is 6.18 Å². The summed E-state index contributed by atoms with van der Waals surface area (Å²) in [5.74, 6) is 0.659. The smallest absolute Gasteiger partial charge is 0.433 e. The molecule has 0 saturated carbocycles. The summed E-state index contributed by atoms with van der Waals surface area (Å²) < 4.78 is 47.2. The van der Waals surface area contributed by atoms with E-state index in [1.807, 2.05) is 0 Å². The Labute approximate surface area is 172 Å². The number of methoxy groups -OCH3 is 1. The van der Waals surface area contributed by atoms with E-state index in [4.69, 9.17) is 4.74 Å². The average molecular weight is 432 g/mol. The number of fused-ring (bicyclic) bond motifs is 1. The minimum Gasteiger partial charge on any atom is -0.497 e. The lowest BCUT2D eigenvalue weighted by molar-refractivity contribution is -0.141. The third kappa shape index (κ3) is 3.86. The van der Waals surface area contributed by atoms with Crippen LogP contribution in [0.25, 0.3) is 15.3 Å². The molecule has 0 radical (unpaired) electrons. The first-order chi connectivity index (χ1) is 14.4. The molecule has 0 aliphatic carbocycles. The molecule has 0 spiro atoms. The van der Waals surface area contributed by atoms with Crippen molar-refractivity contribution in [1.82, 2.24) is 14.8 Å². The summed E-state index contributed by atoms with van der Waals surface area (Å²) in [4.78, 5) is 21.0. The molecule has 2 aromatic heterocycles. The fourth-order valence-corrected chi connectivity index (χ4v) is 3.78. The second-order valence-electron chi connectivity index (χ2n) is 6.32. The third-order valence-electron chi connectivity index (χ3n) is 4.34. The molecular formula is C20H15F3N4O2S. The van der Waals surface area contributed by atoms with Crippen molar-refractivity contribution >= 4 is 27.8 Å². The molecule has 0 aliphatic heterocycles. The van der Waals surface area contributed by atoms with Gasteiger partial charge in [0, 0.05) is 6.21 Å². The molecule has 154 valence electrons. The fourth-order valence-electron chi connectivity index (χ4n) is 2.85. The third-order valence-corrected chi connectivity index (χ3v) is 5.36. The van der Waals surface area contributed by atoms with Crippen LogP contribution in [0.1, 0.15) is 16.8 Å². The Kier molecular flexibility index (Phi) is 5.17. The van der Waals surface area contributed by atoms with Gasteiger partial charge < -0.3 is 4.74 Å². The van der Waals surface area contributed by atoms with Crippen molar-refractivity contribution in [2.45, 2.75) is 12.7 Å². The van der Waals surface area contributed by atoms with Gasteiger partial charge in [0.1, 0.15) is 5.75 Å². The molecule has 0 fully saturated rings. The van der Waals surface area contributed by atoms with Crippen molar-refractivity contribution < 1.29 is 17.9 Å². The van der Waals surface area contributed by atoms with Gasteiger partial charge in [0.25, 0.3) is 5.56 Å². The molecule has 10 heteroatoms. The number of para-hydroxylation sites is 1. The van der Waals surface area contributed by atoms with E-state index in [0.29, 0.717) is 11.3 Å². The lowest BCUT2D eigenvalue weighted by Gasteiger charge is -2.04. The maximum absolute atomic E-state index is 13.5. The number of thiazole rings is 1. The summed E-state index contributed by atoms with van der Waals surface area (Å²) in [6.07, 6.45) is -3.79. The fraction of sp³-hybridized carbons (Fsp3) is 0.150. The van der Waals surface area contributed by atoms with Crippen LogP contribution in [-0.4, -0.2) is 28.1 Å². The lowest BCUT2D eigenvalue weighted by atomic mass is 10.2. The van der Waals surface area contributed by atoms with E-state index in [9.17, 15) is 18.0 Å². The summed E-state index contributed by atoms with van der Waals surface area (Å²) in [6.45, 7) is 0.118. The molecule has 0 aliphatic rings. The average Bonchev–Trinajstić information content (AvgIpc) is 3.29. The molecule has 6 nitrogen and oxygen atoms in total. The summed E-state index contributed by atoms with van der Waals surface area (Å²) in [7, 11) is 1.54. The zero-order chi connectivity index (χ0) is 21.3. The Bertz CT molecular complexity index is 1240. The van der Waals surface area contributed by atoms with Gasteiger partial charge in [-0.3, -0.25) is 14.9 Å². The first-order valence-electron chi connectivity index (χ1n) is 8.78. The van der Waals surface area contributed by atoms with E-state index in [2.05, 4.69) is 15.1 Å². The van der Waals surface area contributed by atoms with Gasteiger partial charge in [-0.25, -0.2) is 4.98 Å². The monoisotopic (exact) mass is 432 g/mol. The SMILES string of the molecule is COc1ccc(CN=Cc2c(C(F)(F)F)[nH]n(-c3nc4ccccc4s3)c2=O)cc1. The molecule has 2 heterocycles. The van der Waals surface area contributed by atoms with Crippen LogP contribution >= 0.6 is 11.3 Å². The Morgan fingerprint density at radius 3 is 2.60 bits per heavy atom. The van der Waals surface area contributed by atoms with Crippen molar-refractivity contribution in [3.05, 3.63) is 75.7 Å². The summed E-state index contributed by atoms with van der Waals surface area (Å²) >= 11 is 1.12. The predicted octanol–water partition coefficient (Wildman–Crippen LogP) is 4.42. The van der Waals surface area contributed by atoms with Crippen LogP contribution in [0.4, 0.5) is 13.2 Å². The molecule has 30 heavy (non-hydrogen) atoms. The number of aliphatic imine (C=N–C) groups is 1. The molecule has 0 bridgehead atoms. The van der Waals surface area contributed by atoms with Gasteiger partial charge in [-0.1, -0.05) is 35.6 Å². The number of rotatable bonds is 5. The Hall–Kier alpha value is -3.40. The number of hydrogen-bond donors (Lipinski definition) is 1. The van der Waals surface area contributed by atoms with E-state index in [1.54, 1.807) is 48.5 Å². The van der Waals surface area contributed by atoms with Crippen molar-refractivity contribution in [2.24, 2.45) is 4.99 Å². The van der Waals surface area contributed by atoms with Crippen molar-refractivity contribution in [1.29, 1.82) is 0 Å². The van der Waals surface area contributed by atoms with Crippen molar-refractivity contribution in [3.8, 4) is 10.9 Å². The van der Waals surface area contributed by atoms with E-state index in [-0.39, 0.29) is 11.7 Å². The second kappa shape index (κ2) is 7.79. The number of benzene rings is 2. The maximum atomic E-state index is 13.5. The van der Waals surface area contributed by atoms with Crippen molar-refractivity contribution in [3.63, 3.8) is 0 Å². The highest BCUT2D eigenvalue weighted by Crippen LogP contribution is 2.30. The normalized spacial score (nSPS) is 12.1. The molecule has 0 atom stereocenters. The zero-order valence-electron chi connectivity index (χ0n) is 15.6. The minimum atomic E-state index is -4.75. The topological polar surface area (TPSA) is 72.3 Å². The summed E-state index contributed by atoms with van der Waals surface area (Å²) in [6, 6.07) is 14.0. The number of hydrogen-bond acceptors (Lipinski definition) is 5. The van der Waals surface area contributed by atoms with Crippen LogP contribution in [0.2, 0.25) is 0 Å². The largest absolute Gasteiger partial charge is 0.497 e. The quantitative estimate of drug-likeness (QED) is 0.475. The van der Waals surface area contributed by atoms with Crippen LogP contribution in [0, 0.1) is 0 Å². The van der Waals surface area contributed by atoms with Gasteiger partial charge in [0.2, 0.25) is 5.13 Å². The summed E-state index contributed by atoms with van der Waals surface area (Å²) in [5, 5.41) is 2.28. The van der Waals surface area contributed by atoms with Crippen LogP contribution in [0.5, 0.6) is 5.75 Å². The number of aromatic amines is 1. The standard InChI is InChI=1S/C20H15F3N4O2S/c1-29-13-8-6-12(7-9-13)10-24-11-14-17(20(21,22)23)26-27(18(14)28)19-25-15-4-2-3-5-16(15)30-19/h2-9,11,26H,10H2,1H3. The van der Waals surface area contributed by atoms with Crippen LogP contribution in [0.15, 0.2) is 58.3 Å². The molecule has 1 N–H and O–H groups in total. The molecule has 4 rings (SSSR count). The summed E-state index contributed by atoms with van der Waals surface area (Å²) in [5.41, 5.74) is -1.22. The zero-order valence-corrected chi connectivity index (χ0v) is 16.4. The van der Waals surface area contributed by atoms with E-state index >= 15 is 0 Å². The minimum absolute atomic E-state index is 0.118. The van der Waals surface area contributed by atoms with Crippen molar-refractivity contribution in [2.75, 3.05) is 7.11 Å². The van der Waals surface area contributed by atoms with Gasteiger partial charge in [-0.05, 0) is 29.8 Å². The number of ether oxygens (including phenoxy) is 1. The molecule has 0 saturated heterocycles. The lowest BCUT2D eigenvalue weighted by Crippen LogP contribution is -2.17. The van der Waals surface area contributed by atoms with Crippen LogP contribution in [-0.2, 0) is 12.7 Å². The number of nitrogens with one attached hydrogen (secondary N) is 1.